The quantitative estimate of drug-likeness (QED) is 0.555. The summed E-state index contributed by atoms with van der Waals surface area (Å²) in [6.07, 6.45) is 0. The molecule has 0 spiro atoms. The minimum absolute atomic E-state index is 0.0290. The molecular weight excluding hydrogens is 264 g/mol. The summed E-state index contributed by atoms with van der Waals surface area (Å²) in [6, 6.07) is 7.11. The van der Waals surface area contributed by atoms with Crippen molar-refractivity contribution in [3.8, 4) is 0 Å². The minimum atomic E-state index is -0.250. The lowest BCUT2D eigenvalue weighted by Crippen LogP contribution is -2.22. The van der Waals surface area contributed by atoms with E-state index in [1.54, 1.807) is 18.2 Å². The van der Waals surface area contributed by atoms with Crippen LogP contribution in [0.2, 0.25) is 0 Å². The molecule has 1 aromatic rings. The summed E-state index contributed by atoms with van der Waals surface area (Å²) in [6.45, 7) is 3.38. The molecule has 6 heteroatoms. The molecule has 0 bridgehead atoms. The molecule has 1 aromatic carbocycles. The zero-order chi connectivity index (χ0) is 14.1. The lowest BCUT2D eigenvalue weighted by Gasteiger charge is -2.10. The smallest absolute Gasteiger partial charge is 0.250 e. The van der Waals surface area contributed by atoms with Crippen LogP contribution in [-0.4, -0.2) is 37.3 Å². The van der Waals surface area contributed by atoms with E-state index in [2.05, 4.69) is 5.32 Å². The molecule has 0 saturated heterocycles. The predicted molar refractivity (Wildman–Crippen MR) is 78.3 cm³/mol. The van der Waals surface area contributed by atoms with E-state index in [1.807, 2.05) is 13.0 Å². The van der Waals surface area contributed by atoms with Gasteiger partial charge in [0.2, 0.25) is 5.91 Å². The number of amides is 1. The maximum absolute atomic E-state index is 11.7. The summed E-state index contributed by atoms with van der Waals surface area (Å²) >= 11 is 4.92. The van der Waals surface area contributed by atoms with Crippen LogP contribution < -0.4 is 11.1 Å². The summed E-state index contributed by atoms with van der Waals surface area (Å²) in [5.74, 6) is -0.250. The summed E-state index contributed by atoms with van der Waals surface area (Å²) in [5, 5.41) is 2.71. The Balaban J connectivity index is 2.42. The normalized spacial score (nSPS) is 10.2. The molecule has 0 saturated carbocycles. The van der Waals surface area contributed by atoms with Crippen LogP contribution in [0.15, 0.2) is 24.3 Å². The number of para-hydroxylation sites is 1. The maximum Gasteiger partial charge on any atom is 0.250 e. The number of carbonyl (C=O) groups is 1. The highest BCUT2D eigenvalue weighted by Crippen LogP contribution is 2.14. The van der Waals surface area contributed by atoms with Crippen molar-refractivity contribution in [3.63, 3.8) is 0 Å². The highest BCUT2D eigenvalue weighted by Gasteiger charge is 2.08. The van der Waals surface area contributed by atoms with Gasteiger partial charge in [-0.2, -0.15) is 0 Å². The topological polar surface area (TPSA) is 73.6 Å². The second-order valence-corrected chi connectivity index (χ2v) is 4.15. The Kier molecular flexibility index (Phi) is 7.02. The highest BCUT2D eigenvalue weighted by atomic mass is 32.1. The standard InChI is InChI=1S/C13H18N2O3S/c1-2-17-7-8-18-9-12(16)15-11-6-4-3-5-10(11)13(14)19/h3-6H,2,7-9H2,1H3,(H2,14,19)(H,15,16). The van der Waals surface area contributed by atoms with Gasteiger partial charge in [0.25, 0.3) is 0 Å². The average molecular weight is 282 g/mol. The van der Waals surface area contributed by atoms with Crippen LogP contribution in [0, 0.1) is 0 Å². The van der Waals surface area contributed by atoms with Crippen LogP contribution in [0.3, 0.4) is 0 Å². The molecule has 1 amide bonds. The molecule has 0 aliphatic heterocycles. The van der Waals surface area contributed by atoms with E-state index in [0.717, 1.165) is 0 Å². The molecule has 104 valence electrons. The first-order valence-electron chi connectivity index (χ1n) is 5.99. The van der Waals surface area contributed by atoms with Gasteiger partial charge in [-0.1, -0.05) is 24.4 Å². The fourth-order valence-electron chi connectivity index (χ4n) is 1.42. The first-order chi connectivity index (χ1) is 9.15. The zero-order valence-corrected chi connectivity index (χ0v) is 11.7. The van der Waals surface area contributed by atoms with Crippen LogP contribution in [-0.2, 0) is 14.3 Å². The van der Waals surface area contributed by atoms with Crippen LogP contribution in [0.5, 0.6) is 0 Å². The summed E-state index contributed by atoms with van der Waals surface area (Å²) in [5.41, 5.74) is 6.81. The van der Waals surface area contributed by atoms with E-state index in [0.29, 0.717) is 31.1 Å². The van der Waals surface area contributed by atoms with Gasteiger partial charge in [-0.25, -0.2) is 0 Å². The Bertz CT molecular complexity index is 438. The van der Waals surface area contributed by atoms with E-state index in [1.165, 1.54) is 0 Å². The van der Waals surface area contributed by atoms with Gasteiger partial charge in [-0.15, -0.1) is 0 Å². The summed E-state index contributed by atoms with van der Waals surface area (Å²) < 4.78 is 10.3. The van der Waals surface area contributed by atoms with Crippen LogP contribution in [0.25, 0.3) is 0 Å². The van der Waals surface area contributed by atoms with E-state index < -0.39 is 0 Å². The highest BCUT2D eigenvalue weighted by molar-refractivity contribution is 7.80. The summed E-state index contributed by atoms with van der Waals surface area (Å²) in [4.78, 5) is 11.9. The lowest BCUT2D eigenvalue weighted by molar-refractivity contribution is -0.121. The third-order valence-corrected chi connectivity index (χ3v) is 2.50. The Morgan fingerprint density at radius 1 is 1.32 bits per heavy atom. The second-order valence-electron chi connectivity index (χ2n) is 3.71. The third kappa shape index (κ3) is 5.78. The number of thiocarbonyl (C=S) groups is 1. The van der Waals surface area contributed by atoms with Gasteiger partial charge in [0, 0.05) is 12.2 Å². The number of hydrogen-bond acceptors (Lipinski definition) is 4. The summed E-state index contributed by atoms with van der Waals surface area (Å²) in [7, 11) is 0. The number of nitrogens with one attached hydrogen (secondary N) is 1. The third-order valence-electron chi connectivity index (χ3n) is 2.28. The first kappa shape index (κ1) is 15.6. The van der Waals surface area contributed by atoms with Crippen molar-refractivity contribution in [3.05, 3.63) is 29.8 Å². The van der Waals surface area contributed by atoms with E-state index in [9.17, 15) is 4.79 Å². The van der Waals surface area contributed by atoms with Gasteiger partial charge in [-0.3, -0.25) is 4.79 Å². The second kappa shape index (κ2) is 8.58. The van der Waals surface area contributed by atoms with Gasteiger partial charge in [-0.05, 0) is 19.1 Å². The van der Waals surface area contributed by atoms with E-state index in [-0.39, 0.29) is 17.5 Å². The molecule has 0 atom stereocenters. The molecule has 1 rings (SSSR count). The van der Waals surface area contributed by atoms with Crippen molar-refractivity contribution in [2.75, 3.05) is 31.7 Å². The van der Waals surface area contributed by atoms with Crippen molar-refractivity contribution in [2.45, 2.75) is 6.92 Å². The first-order valence-corrected chi connectivity index (χ1v) is 6.40. The zero-order valence-electron chi connectivity index (χ0n) is 10.8. The Morgan fingerprint density at radius 2 is 2.00 bits per heavy atom. The molecule has 0 radical (unpaired) electrons. The van der Waals surface area contributed by atoms with Gasteiger partial charge >= 0.3 is 0 Å². The number of ether oxygens (including phenoxy) is 2. The average Bonchev–Trinajstić information content (AvgIpc) is 2.39. The predicted octanol–water partition coefficient (Wildman–Crippen LogP) is 1.31. The van der Waals surface area contributed by atoms with Crippen molar-refractivity contribution in [1.82, 2.24) is 0 Å². The molecule has 5 nitrogen and oxygen atoms in total. The molecule has 0 unspecified atom stereocenters. The molecule has 0 heterocycles. The molecule has 0 aliphatic carbocycles. The molecular formula is C13H18N2O3S. The van der Waals surface area contributed by atoms with Crippen LogP contribution in [0.4, 0.5) is 5.69 Å². The lowest BCUT2D eigenvalue weighted by atomic mass is 10.2. The van der Waals surface area contributed by atoms with Crippen LogP contribution >= 0.6 is 12.2 Å². The Morgan fingerprint density at radius 3 is 2.68 bits per heavy atom. The number of benzene rings is 1. The van der Waals surface area contributed by atoms with E-state index >= 15 is 0 Å². The SMILES string of the molecule is CCOCCOCC(=O)Nc1ccccc1C(N)=S. The van der Waals surface area contributed by atoms with Crippen molar-refractivity contribution in [2.24, 2.45) is 5.73 Å². The molecule has 0 aromatic heterocycles. The van der Waals surface area contributed by atoms with Crippen molar-refractivity contribution in [1.29, 1.82) is 0 Å². The molecule has 19 heavy (non-hydrogen) atoms. The number of anilines is 1. The van der Waals surface area contributed by atoms with Gasteiger partial charge in [0.15, 0.2) is 0 Å². The van der Waals surface area contributed by atoms with E-state index in [4.69, 9.17) is 27.4 Å². The van der Waals surface area contributed by atoms with Crippen molar-refractivity contribution >= 4 is 28.8 Å². The fourth-order valence-corrected chi connectivity index (χ4v) is 1.60. The molecule has 3 N–H and O–H groups in total. The largest absolute Gasteiger partial charge is 0.389 e. The van der Waals surface area contributed by atoms with Gasteiger partial charge < -0.3 is 20.5 Å². The minimum Gasteiger partial charge on any atom is -0.389 e. The fraction of sp³-hybridized carbons (Fsp3) is 0.385. The number of hydrogen-bond donors (Lipinski definition) is 2. The Labute approximate surface area is 118 Å². The monoisotopic (exact) mass is 282 g/mol. The van der Waals surface area contributed by atoms with Gasteiger partial charge in [0.05, 0.1) is 18.9 Å². The number of carbonyl (C=O) groups excluding carboxylic acids is 1. The molecule has 0 fully saturated rings. The van der Waals surface area contributed by atoms with Crippen LogP contribution in [0.1, 0.15) is 12.5 Å². The maximum atomic E-state index is 11.7. The van der Waals surface area contributed by atoms with Gasteiger partial charge in [0.1, 0.15) is 11.6 Å². The Hall–Kier alpha value is -1.50. The molecule has 0 aliphatic rings. The van der Waals surface area contributed by atoms with Crippen molar-refractivity contribution < 1.29 is 14.3 Å². The number of rotatable bonds is 8. The number of nitrogens with two attached hydrogens (primary N) is 1.